The molecule has 0 radical (unpaired) electrons. The number of carbonyl (C=O) groups excluding carboxylic acids is 1. The Balaban J connectivity index is 1.86. The van der Waals surface area contributed by atoms with Gasteiger partial charge in [0.25, 0.3) is 11.8 Å². The molecule has 0 aromatic carbocycles. The number of carbonyl (C=O) groups is 1. The molecule has 2 aliphatic heterocycles. The maximum atomic E-state index is 13.8. The van der Waals surface area contributed by atoms with E-state index in [1.807, 2.05) is 27.9 Å². The second-order valence-electron chi connectivity index (χ2n) is 7.57. The van der Waals surface area contributed by atoms with Gasteiger partial charge >= 0.3 is 0 Å². The number of nitrogens with zero attached hydrogens (tertiary/aromatic N) is 5. The summed E-state index contributed by atoms with van der Waals surface area (Å²) < 4.78 is 32.5. The third kappa shape index (κ3) is 4.35. The first-order chi connectivity index (χ1) is 12.7. The van der Waals surface area contributed by atoms with E-state index in [0.29, 0.717) is 17.6 Å². The molecular weight excluding hydrogens is 356 g/mol. The molecule has 2 aliphatic rings. The molecule has 1 aromatic rings. The number of rotatable bonds is 3. The molecule has 1 amide bonds. The van der Waals surface area contributed by atoms with Gasteiger partial charge in [0, 0.05) is 36.9 Å². The van der Waals surface area contributed by atoms with E-state index in [1.165, 1.54) is 0 Å². The van der Waals surface area contributed by atoms with E-state index in [9.17, 15) is 13.6 Å². The largest absolute Gasteiger partial charge is 0.373 e. The van der Waals surface area contributed by atoms with E-state index in [4.69, 9.17) is 4.74 Å². The van der Waals surface area contributed by atoms with Gasteiger partial charge in [-0.05, 0) is 34.4 Å². The predicted octanol–water partition coefficient (Wildman–Crippen LogP) is 1.34. The molecule has 0 N–H and O–H groups in total. The topological polar surface area (TPSA) is 61.8 Å². The smallest absolute Gasteiger partial charge is 0.292 e. The molecule has 3 heterocycles. The van der Waals surface area contributed by atoms with Crippen molar-refractivity contribution in [1.29, 1.82) is 0 Å². The molecule has 0 saturated carbocycles. The minimum absolute atomic E-state index is 0.0286. The van der Waals surface area contributed by atoms with Gasteiger partial charge in [0.15, 0.2) is 0 Å². The van der Waals surface area contributed by atoms with Crippen LogP contribution >= 0.6 is 0 Å². The van der Waals surface area contributed by atoms with E-state index in [-0.39, 0.29) is 19.0 Å². The maximum absolute atomic E-state index is 13.8. The van der Waals surface area contributed by atoms with Crippen molar-refractivity contribution in [3.63, 3.8) is 0 Å². The number of hydrogen-bond donors (Lipinski definition) is 0. The van der Waals surface area contributed by atoms with Crippen LogP contribution in [0, 0.1) is 13.8 Å². The van der Waals surface area contributed by atoms with Gasteiger partial charge in [-0.2, -0.15) is 0 Å². The zero-order chi connectivity index (χ0) is 19.8. The van der Waals surface area contributed by atoms with Crippen LogP contribution in [0.15, 0.2) is 0 Å². The lowest BCUT2D eigenvalue weighted by Crippen LogP contribution is -2.42. The Kier molecular flexibility index (Phi) is 5.62. The molecule has 3 rings (SSSR count). The highest BCUT2D eigenvalue weighted by Crippen LogP contribution is 2.26. The van der Waals surface area contributed by atoms with Crippen LogP contribution in [0.1, 0.15) is 28.3 Å². The van der Waals surface area contributed by atoms with Crippen molar-refractivity contribution in [2.45, 2.75) is 32.2 Å². The number of hydrogen-bond acceptors (Lipinski definition) is 6. The Hall–Kier alpha value is -1.87. The molecule has 1 aromatic heterocycles. The number of likely N-dealkylation sites (N-methyl/N-ethyl adjacent to an activating group) is 1. The first-order valence-electron chi connectivity index (χ1n) is 9.19. The highest BCUT2D eigenvalue weighted by atomic mass is 19.3. The fraction of sp³-hybridized carbons (Fsp3) is 0.722. The van der Waals surface area contributed by atoms with Crippen molar-refractivity contribution in [3.8, 4) is 0 Å². The molecular formula is C18H27F2N5O2. The van der Waals surface area contributed by atoms with E-state index in [2.05, 4.69) is 19.8 Å². The first-order valence-corrected chi connectivity index (χ1v) is 9.19. The maximum Gasteiger partial charge on any atom is 0.292 e. The summed E-state index contributed by atoms with van der Waals surface area (Å²) in [5, 5.41) is 0. The molecule has 0 unspecified atom stereocenters. The summed E-state index contributed by atoms with van der Waals surface area (Å²) in [6, 6.07) is 0.417. The second-order valence-corrected chi connectivity index (χ2v) is 7.57. The molecule has 2 fully saturated rings. The zero-order valence-corrected chi connectivity index (χ0v) is 16.3. The normalized spacial score (nSPS) is 23.0. The molecule has 1 atom stereocenters. The van der Waals surface area contributed by atoms with Crippen LogP contribution in [0.4, 0.5) is 14.6 Å². The van der Waals surface area contributed by atoms with Crippen LogP contribution in [0.3, 0.4) is 0 Å². The lowest BCUT2D eigenvalue weighted by atomic mass is 10.2. The van der Waals surface area contributed by atoms with Crippen LogP contribution in [0.2, 0.25) is 0 Å². The lowest BCUT2D eigenvalue weighted by Gasteiger charge is -2.25. The molecule has 150 valence electrons. The number of aromatic nitrogens is 2. The van der Waals surface area contributed by atoms with Crippen LogP contribution in [-0.4, -0.2) is 91.1 Å². The summed E-state index contributed by atoms with van der Waals surface area (Å²) >= 11 is 0. The zero-order valence-electron chi connectivity index (χ0n) is 16.3. The number of amides is 1. The van der Waals surface area contributed by atoms with Gasteiger partial charge in [0.05, 0.1) is 13.2 Å². The minimum atomic E-state index is -3.07. The molecule has 2 saturated heterocycles. The third-order valence-corrected chi connectivity index (χ3v) is 5.28. The summed E-state index contributed by atoms with van der Waals surface area (Å²) in [7, 11) is 4.09. The molecule has 0 aliphatic carbocycles. The Morgan fingerprint density at radius 2 is 2.00 bits per heavy atom. The van der Waals surface area contributed by atoms with Gasteiger partial charge in [-0.25, -0.2) is 18.7 Å². The van der Waals surface area contributed by atoms with Crippen LogP contribution in [-0.2, 0) is 4.74 Å². The fourth-order valence-corrected chi connectivity index (χ4v) is 3.49. The Bertz CT molecular complexity index is 713. The van der Waals surface area contributed by atoms with Crippen LogP contribution < -0.4 is 4.90 Å². The SMILES string of the molecule is Cc1nc(C(=O)N2CCOCC(F)(F)C2)nc(N2CC[C@@H](N(C)C)C2)c1C. The third-order valence-electron chi connectivity index (χ3n) is 5.28. The minimum Gasteiger partial charge on any atom is -0.373 e. The molecule has 0 bridgehead atoms. The summed E-state index contributed by atoms with van der Waals surface area (Å²) in [5.41, 5.74) is 1.60. The van der Waals surface area contributed by atoms with Gasteiger partial charge in [0.2, 0.25) is 5.82 Å². The van der Waals surface area contributed by atoms with Gasteiger partial charge in [0.1, 0.15) is 12.4 Å². The average molecular weight is 383 g/mol. The second kappa shape index (κ2) is 7.63. The summed E-state index contributed by atoms with van der Waals surface area (Å²) in [5.74, 6) is -2.96. The lowest BCUT2D eigenvalue weighted by molar-refractivity contribution is -0.0661. The fourth-order valence-electron chi connectivity index (χ4n) is 3.49. The van der Waals surface area contributed by atoms with E-state index >= 15 is 0 Å². The van der Waals surface area contributed by atoms with Gasteiger partial charge in [-0.3, -0.25) is 4.79 Å². The van der Waals surface area contributed by atoms with Gasteiger partial charge < -0.3 is 19.4 Å². The molecule has 7 nitrogen and oxygen atoms in total. The number of halogens is 2. The Morgan fingerprint density at radius 1 is 1.26 bits per heavy atom. The Morgan fingerprint density at radius 3 is 2.67 bits per heavy atom. The van der Waals surface area contributed by atoms with Crippen molar-refractivity contribution < 1.29 is 18.3 Å². The van der Waals surface area contributed by atoms with Crippen LogP contribution in [0.25, 0.3) is 0 Å². The van der Waals surface area contributed by atoms with E-state index in [1.54, 1.807) is 0 Å². The molecule has 0 spiro atoms. The first kappa shape index (κ1) is 19.9. The summed E-state index contributed by atoms with van der Waals surface area (Å²) in [6.07, 6.45) is 1.01. The van der Waals surface area contributed by atoms with Crippen molar-refractivity contribution in [2.75, 3.05) is 58.4 Å². The summed E-state index contributed by atoms with van der Waals surface area (Å²) in [4.78, 5) is 27.0. The highest BCUT2D eigenvalue weighted by Gasteiger charge is 2.37. The number of alkyl halides is 2. The molecule has 27 heavy (non-hydrogen) atoms. The van der Waals surface area contributed by atoms with Crippen LogP contribution in [0.5, 0.6) is 0 Å². The number of aryl methyl sites for hydroxylation is 1. The predicted molar refractivity (Wildman–Crippen MR) is 97.5 cm³/mol. The molecule has 9 heteroatoms. The quantitative estimate of drug-likeness (QED) is 0.785. The average Bonchev–Trinajstić information content (AvgIpc) is 3.02. The Labute approximate surface area is 158 Å². The van der Waals surface area contributed by atoms with Crippen molar-refractivity contribution in [3.05, 3.63) is 17.1 Å². The van der Waals surface area contributed by atoms with Gasteiger partial charge in [-0.1, -0.05) is 0 Å². The van der Waals surface area contributed by atoms with Gasteiger partial charge in [-0.15, -0.1) is 0 Å². The van der Waals surface area contributed by atoms with Crippen molar-refractivity contribution in [2.24, 2.45) is 0 Å². The van der Waals surface area contributed by atoms with E-state index in [0.717, 1.165) is 30.0 Å². The standard InChI is InChI=1S/C18H27F2N5O2/c1-12-13(2)21-15(17(26)25-7-8-27-11-18(19,20)10-25)22-16(12)24-6-5-14(9-24)23(3)4/h14H,5-11H2,1-4H3/t14-/m1/s1. The van der Waals surface area contributed by atoms with Crippen molar-refractivity contribution >= 4 is 11.7 Å². The highest BCUT2D eigenvalue weighted by molar-refractivity contribution is 5.91. The number of anilines is 1. The van der Waals surface area contributed by atoms with E-state index < -0.39 is 25.0 Å². The van der Waals surface area contributed by atoms with Crippen molar-refractivity contribution in [1.82, 2.24) is 19.8 Å². The number of ether oxygens (including phenoxy) is 1. The monoisotopic (exact) mass is 383 g/mol. The summed E-state index contributed by atoms with van der Waals surface area (Å²) in [6.45, 7) is 4.23.